The quantitative estimate of drug-likeness (QED) is 0.571. The molecule has 0 radical (unpaired) electrons. The van der Waals surface area contributed by atoms with Crippen LogP contribution in [-0.4, -0.2) is 57.1 Å². The Morgan fingerprint density at radius 2 is 1.75 bits per heavy atom. The van der Waals surface area contributed by atoms with Gasteiger partial charge in [0.2, 0.25) is 0 Å². The number of likely N-dealkylation sites (N-methyl/N-ethyl adjacent to an activating group) is 2. The van der Waals surface area contributed by atoms with Crippen molar-refractivity contribution in [3.05, 3.63) is 12.2 Å². The second kappa shape index (κ2) is 7.28. The zero-order valence-corrected chi connectivity index (χ0v) is 8.45. The molecule has 12 heavy (non-hydrogen) atoms. The minimum Gasteiger partial charge on any atom is -0.327 e. The van der Waals surface area contributed by atoms with Crippen LogP contribution >= 0.6 is 0 Å². The zero-order chi connectivity index (χ0) is 9.40. The lowest BCUT2D eigenvalue weighted by molar-refractivity contribution is 0.302. The number of nitrogens with zero attached hydrogens (tertiary/aromatic N) is 2. The minimum absolute atomic E-state index is 0.640. The molecule has 3 heteroatoms. The second-order valence-corrected chi connectivity index (χ2v) is 3.27. The van der Waals surface area contributed by atoms with E-state index in [1.54, 1.807) is 0 Å². The van der Waals surface area contributed by atoms with E-state index in [9.17, 15) is 0 Å². The molecule has 0 saturated heterocycles. The molecule has 2 N–H and O–H groups in total. The van der Waals surface area contributed by atoms with Crippen molar-refractivity contribution in [1.82, 2.24) is 9.80 Å². The molecule has 0 spiro atoms. The first-order valence-electron chi connectivity index (χ1n) is 4.35. The predicted molar refractivity (Wildman–Crippen MR) is 54.2 cm³/mol. The van der Waals surface area contributed by atoms with Crippen molar-refractivity contribution in [2.45, 2.75) is 0 Å². The third-order valence-corrected chi connectivity index (χ3v) is 1.65. The normalized spacial score (nSPS) is 12.2. The number of hydrogen-bond donors (Lipinski definition) is 1. The smallest absolute Gasteiger partial charge is 0.0161 e. The molecule has 0 amide bonds. The first-order valence-corrected chi connectivity index (χ1v) is 4.35. The lowest BCUT2D eigenvalue weighted by Crippen LogP contribution is -2.28. The molecule has 0 aliphatic carbocycles. The van der Waals surface area contributed by atoms with Crippen LogP contribution in [0.1, 0.15) is 0 Å². The molecule has 0 fully saturated rings. The summed E-state index contributed by atoms with van der Waals surface area (Å²) in [5, 5.41) is 0. The number of hydrogen-bond acceptors (Lipinski definition) is 3. The molecule has 0 heterocycles. The van der Waals surface area contributed by atoms with E-state index in [1.165, 1.54) is 0 Å². The molecular formula is C9H21N3. The van der Waals surface area contributed by atoms with E-state index in [0.29, 0.717) is 6.54 Å². The van der Waals surface area contributed by atoms with Gasteiger partial charge in [-0.1, -0.05) is 12.2 Å². The molecule has 0 aliphatic heterocycles. The summed E-state index contributed by atoms with van der Waals surface area (Å²) in [6, 6.07) is 0. The molecule has 72 valence electrons. The highest BCUT2D eigenvalue weighted by atomic mass is 15.1. The minimum atomic E-state index is 0.640. The molecule has 0 aromatic heterocycles. The fourth-order valence-corrected chi connectivity index (χ4v) is 0.813. The third kappa shape index (κ3) is 7.72. The highest BCUT2D eigenvalue weighted by molar-refractivity contribution is 4.84. The summed E-state index contributed by atoms with van der Waals surface area (Å²) < 4.78 is 0. The van der Waals surface area contributed by atoms with Gasteiger partial charge in [0, 0.05) is 26.2 Å². The van der Waals surface area contributed by atoms with Gasteiger partial charge in [-0.2, -0.15) is 0 Å². The van der Waals surface area contributed by atoms with Crippen molar-refractivity contribution in [2.75, 3.05) is 47.3 Å². The first-order chi connectivity index (χ1) is 5.66. The van der Waals surface area contributed by atoms with Crippen molar-refractivity contribution >= 4 is 0 Å². The maximum absolute atomic E-state index is 5.32. The molecule has 0 unspecified atom stereocenters. The number of rotatable bonds is 6. The van der Waals surface area contributed by atoms with Crippen LogP contribution in [0.5, 0.6) is 0 Å². The lowest BCUT2D eigenvalue weighted by atomic mass is 10.4. The summed E-state index contributed by atoms with van der Waals surface area (Å²) in [4.78, 5) is 4.45. The third-order valence-electron chi connectivity index (χ3n) is 1.65. The second-order valence-electron chi connectivity index (χ2n) is 3.27. The summed E-state index contributed by atoms with van der Waals surface area (Å²) in [6.07, 6.45) is 4.10. The van der Waals surface area contributed by atoms with Gasteiger partial charge in [0.1, 0.15) is 0 Å². The maximum atomic E-state index is 5.32. The van der Waals surface area contributed by atoms with Gasteiger partial charge in [-0.15, -0.1) is 0 Å². The van der Waals surface area contributed by atoms with Gasteiger partial charge in [-0.25, -0.2) is 0 Å². The maximum Gasteiger partial charge on any atom is 0.0161 e. The highest BCUT2D eigenvalue weighted by Gasteiger charge is 1.95. The summed E-state index contributed by atoms with van der Waals surface area (Å²) >= 11 is 0. The average molecular weight is 171 g/mol. The average Bonchev–Trinajstić information content (AvgIpc) is 2.01. The summed E-state index contributed by atoms with van der Waals surface area (Å²) in [7, 11) is 6.29. The van der Waals surface area contributed by atoms with Crippen LogP contribution in [0.4, 0.5) is 0 Å². The molecule has 0 bridgehead atoms. The Balaban J connectivity index is 3.33. The first kappa shape index (κ1) is 11.6. The Morgan fingerprint density at radius 3 is 2.25 bits per heavy atom. The van der Waals surface area contributed by atoms with Gasteiger partial charge in [0.25, 0.3) is 0 Å². The molecule has 0 aliphatic rings. The zero-order valence-electron chi connectivity index (χ0n) is 8.45. The van der Waals surface area contributed by atoms with Crippen LogP contribution in [-0.2, 0) is 0 Å². The van der Waals surface area contributed by atoms with Gasteiger partial charge in [0.15, 0.2) is 0 Å². The van der Waals surface area contributed by atoms with Crippen molar-refractivity contribution < 1.29 is 0 Å². The van der Waals surface area contributed by atoms with E-state index >= 15 is 0 Å². The molecule has 0 saturated carbocycles. The molecule has 0 aromatic carbocycles. The van der Waals surface area contributed by atoms with Crippen molar-refractivity contribution in [1.29, 1.82) is 0 Å². The monoisotopic (exact) mass is 171 g/mol. The fourth-order valence-electron chi connectivity index (χ4n) is 0.813. The number of nitrogens with two attached hydrogens (primary N) is 1. The van der Waals surface area contributed by atoms with Gasteiger partial charge in [-0.05, 0) is 21.1 Å². The van der Waals surface area contributed by atoms with Crippen LogP contribution in [0, 0.1) is 0 Å². The largest absolute Gasteiger partial charge is 0.327 e. The highest BCUT2D eigenvalue weighted by Crippen LogP contribution is 1.84. The van der Waals surface area contributed by atoms with Crippen molar-refractivity contribution in [2.24, 2.45) is 5.73 Å². The van der Waals surface area contributed by atoms with Crippen LogP contribution in [0.3, 0.4) is 0 Å². The van der Waals surface area contributed by atoms with E-state index in [2.05, 4.69) is 37.0 Å². The predicted octanol–water partition coefficient (Wildman–Crippen LogP) is -0.00530. The Hall–Kier alpha value is -0.380. The van der Waals surface area contributed by atoms with E-state index < -0.39 is 0 Å². The van der Waals surface area contributed by atoms with Crippen LogP contribution in [0.15, 0.2) is 12.2 Å². The summed E-state index contributed by atoms with van der Waals surface area (Å²) in [6.45, 7) is 3.83. The van der Waals surface area contributed by atoms with Gasteiger partial charge >= 0.3 is 0 Å². The van der Waals surface area contributed by atoms with E-state index in [1.807, 2.05) is 6.08 Å². The lowest BCUT2D eigenvalue weighted by Gasteiger charge is -2.17. The Morgan fingerprint density at radius 1 is 1.08 bits per heavy atom. The molecule has 0 aromatic rings. The molecule has 3 nitrogen and oxygen atoms in total. The summed E-state index contributed by atoms with van der Waals surface area (Å²) in [5.41, 5.74) is 5.32. The van der Waals surface area contributed by atoms with Gasteiger partial charge < -0.3 is 15.5 Å². The molecular weight excluding hydrogens is 150 g/mol. The Kier molecular flexibility index (Phi) is 7.05. The van der Waals surface area contributed by atoms with Gasteiger partial charge in [-0.3, -0.25) is 0 Å². The fraction of sp³-hybridized carbons (Fsp3) is 0.778. The van der Waals surface area contributed by atoms with E-state index in [4.69, 9.17) is 5.73 Å². The van der Waals surface area contributed by atoms with E-state index in [-0.39, 0.29) is 0 Å². The standard InChI is InChI=1S/C9H21N3/c1-11(2)8-9-12(3)7-5-4-6-10/h4-5H,6-10H2,1-3H3. The summed E-state index contributed by atoms with van der Waals surface area (Å²) in [5.74, 6) is 0. The van der Waals surface area contributed by atoms with Gasteiger partial charge in [0.05, 0.1) is 0 Å². The molecule has 0 rings (SSSR count). The van der Waals surface area contributed by atoms with Crippen molar-refractivity contribution in [3.8, 4) is 0 Å². The van der Waals surface area contributed by atoms with E-state index in [0.717, 1.165) is 19.6 Å². The SMILES string of the molecule is CN(C)CCN(C)CC=CCN. The molecule has 0 atom stereocenters. The Labute approximate surface area is 75.8 Å². The van der Waals surface area contributed by atoms with Crippen LogP contribution in [0.2, 0.25) is 0 Å². The van der Waals surface area contributed by atoms with Crippen LogP contribution < -0.4 is 5.73 Å². The Bertz CT molecular complexity index is 121. The topological polar surface area (TPSA) is 32.5 Å². The van der Waals surface area contributed by atoms with Crippen LogP contribution in [0.25, 0.3) is 0 Å². The van der Waals surface area contributed by atoms with Crippen molar-refractivity contribution in [3.63, 3.8) is 0 Å².